The molecule has 0 bridgehead atoms. The van der Waals surface area contributed by atoms with Crippen molar-refractivity contribution < 1.29 is 4.74 Å². The van der Waals surface area contributed by atoms with Crippen molar-refractivity contribution in [2.45, 2.75) is 6.42 Å². The zero-order chi connectivity index (χ0) is 15.7. The van der Waals surface area contributed by atoms with Crippen molar-refractivity contribution in [3.63, 3.8) is 0 Å². The number of hydrogen-bond donors (Lipinski definition) is 1. The predicted molar refractivity (Wildman–Crippen MR) is 85.0 cm³/mol. The summed E-state index contributed by atoms with van der Waals surface area (Å²) in [6.45, 7) is 0. The van der Waals surface area contributed by atoms with Crippen molar-refractivity contribution >= 4 is 16.5 Å². The summed E-state index contributed by atoms with van der Waals surface area (Å²) in [6, 6.07) is 9.48. The highest BCUT2D eigenvalue weighted by molar-refractivity contribution is 5.85. The molecule has 0 saturated heterocycles. The van der Waals surface area contributed by atoms with E-state index in [-0.39, 0.29) is 5.56 Å². The third-order valence-corrected chi connectivity index (χ3v) is 3.51. The number of nitrogens with two attached hydrogens (primary N) is 1. The number of benzene rings is 1. The molecule has 6 nitrogen and oxygen atoms in total. The highest BCUT2D eigenvalue weighted by atomic mass is 16.5. The van der Waals surface area contributed by atoms with Crippen LogP contribution in [0.1, 0.15) is 11.3 Å². The largest absolute Gasteiger partial charge is 0.480 e. The van der Waals surface area contributed by atoms with Crippen molar-refractivity contribution in [2.75, 3.05) is 12.8 Å². The van der Waals surface area contributed by atoms with Crippen LogP contribution in [-0.4, -0.2) is 21.9 Å². The van der Waals surface area contributed by atoms with Gasteiger partial charge in [-0.25, -0.2) is 9.67 Å². The Morgan fingerprint density at radius 2 is 2.00 bits per heavy atom. The molecule has 22 heavy (non-hydrogen) atoms. The molecule has 0 aliphatic carbocycles. The fraction of sp³-hybridized carbons (Fsp3) is 0.188. The van der Waals surface area contributed by atoms with E-state index in [0.29, 0.717) is 17.7 Å². The Balaban J connectivity index is 2.10. The first-order chi connectivity index (χ1) is 10.6. The summed E-state index contributed by atoms with van der Waals surface area (Å²) in [4.78, 5) is 16.6. The highest BCUT2D eigenvalue weighted by Crippen LogP contribution is 2.22. The summed E-state index contributed by atoms with van der Waals surface area (Å²) in [7, 11) is 3.11. The van der Waals surface area contributed by atoms with E-state index < -0.39 is 0 Å². The molecule has 0 spiro atoms. The molecule has 0 fully saturated rings. The molecule has 0 amide bonds. The van der Waals surface area contributed by atoms with E-state index in [1.54, 1.807) is 13.2 Å². The van der Waals surface area contributed by atoms with Gasteiger partial charge in [-0.15, -0.1) is 0 Å². The van der Waals surface area contributed by atoms with Gasteiger partial charge < -0.3 is 10.5 Å². The maximum Gasteiger partial charge on any atom is 0.279 e. The van der Waals surface area contributed by atoms with Crippen LogP contribution < -0.4 is 16.0 Å². The molecule has 1 aromatic carbocycles. The summed E-state index contributed by atoms with van der Waals surface area (Å²) >= 11 is 0. The molecule has 2 aromatic heterocycles. The van der Waals surface area contributed by atoms with E-state index in [1.165, 1.54) is 11.8 Å². The Hall–Kier alpha value is -2.89. The highest BCUT2D eigenvalue weighted by Gasteiger charge is 2.12. The van der Waals surface area contributed by atoms with Gasteiger partial charge in [0.15, 0.2) is 0 Å². The molecular weight excluding hydrogens is 280 g/mol. The number of ether oxygens (including phenoxy) is 1. The van der Waals surface area contributed by atoms with Crippen molar-refractivity contribution in [1.29, 1.82) is 0 Å². The van der Waals surface area contributed by atoms with Crippen LogP contribution in [-0.2, 0) is 13.5 Å². The van der Waals surface area contributed by atoms with E-state index in [4.69, 9.17) is 10.5 Å². The molecule has 0 atom stereocenters. The molecule has 6 heteroatoms. The number of nitrogens with zero attached hydrogens (tertiary/aromatic N) is 3. The Kier molecular flexibility index (Phi) is 3.50. The molecule has 2 heterocycles. The first kappa shape index (κ1) is 14.1. The van der Waals surface area contributed by atoms with Gasteiger partial charge in [0, 0.05) is 30.2 Å². The molecule has 3 rings (SSSR count). The Morgan fingerprint density at radius 3 is 2.68 bits per heavy atom. The molecule has 112 valence electrons. The van der Waals surface area contributed by atoms with Gasteiger partial charge in [-0.05, 0) is 23.8 Å². The monoisotopic (exact) mass is 296 g/mol. The number of hydrogen-bond acceptors (Lipinski definition) is 5. The molecular formula is C16H16N4O2. The van der Waals surface area contributed by atoms with Gasteiger partial charge in [0.25, 0.3) is 5.56 Å². The third-order valence-electron chi connectivity index (χ3n) is 3.51. The summed E-state index contributed by atoms with van der Waals surface area (Å²) < 4.78 is 6.56. The van der Waals surface area contributed by atoms with E-state index in [1.807, 2.05) is 30.3 Å². The molecule has 0 radical (unpaired) electrons. The van der Waals surface area contributed by atoms with Crippen LogP contribution in [0, 0.1) is 0 Å². The molecule has 0 saturated carbocycles. The fourth-order valence-corrected chi connectivity index (χ4v) is 2.36. The molecule has 0 aliphatic heterocycles. The van der Waals surface area contributed by atoms with Crippen molar-refractivity contribution in [3.05, 3.63) is 58.1 Å². The van der Waals surface area contributed by atoms with Gasteiger partial charge in [-0.1, -0.05) is 12.1 Å². The minimum Gasteiger partial charge on any atom is -0.480 e. The van der Waals surface area contributed by atoms with Crippen molar-refractivity contribution in [2.24, 2.45) is 7.05 Å². The number of nitrogen functional groups attached to an aromatic ring is 1. The summed E-state index contributed by atoms with van der Waals surface area (Å²) in [5, 5.41) is 5.21. The van der Waals surface area contributed by atoms with Crippen LogP contribution in [0.3, 0.4) is 0 Å². The number of aryl methyl sites for hydroxylation is 1. The summed E-state index contributed by atoms with van der Waals surface area (Å²) in [5.41, 5.74) is 8.08. The number of anilines is 1. The Labute approximate surface area is 127 Å². The second kappa shape index (κ2) is 5.48. The molecule has 3 aromatic rings. The standard InChI is InChI=1S/C16H16N4O2/c1-20-16(21)14-11(9-18-20)8-13(19-15(14)22-2)7-10-3-5-12(17)6-4-10/h3-6,8-9H,7,17H2,1-2H3. The number of fused-ring (bicyclic) bond motifs is 1. The zero-order valence-corrected chi connectivity index (χ0v) is 12.4. The van der Waals surface area contributed by atoms with Crippen LogP contribution in [0.5, 0.6) is 5.88 Å². The van der Waals surface area contributed by atoms with E-state index in [2.05, 4.69) is 10.1 Å². The average Bonchev–Trinajstić information content (AvgIpc) is 2.52. The second-order valence-electron chi connectivity index (χ2n) is 5.08. The predicted octanol–water partition coefficient (Wildman–Crippen LogP) is 1.51. The SMILES string of the molecule is COc1nc(Cc2ccc(N)cc2)cc2cnn(C)c(=O)c12. The lowest BCUT2D eigenvalue weighted by molar-refractivity contribution is 0.401. The Bertz CT molecular complexity index is 885. The van der Waals surface area contributed by atoms with E-state index >= 15 is 0 Å². The van der Waals surface area contributed by atoms with Gasteiger partial charge in [0.2, 0.25) is 5.88 Å². The van der Waals surface area contributed by atoms with Gasteiger partial charge in [0.05, 0.1) is 13.3 Å². The fourth-order valence-electron chi connectivity index (χ4n) is 2.36. The third kappa shape index (κ3) is 2.50. The quantitative estimate of drug-likeness (QED) is 0.741. The number of methoxy groups -OCH3 is 1. The zero-order valence-electron chi connectivity index (χ0n) is 12.4. The van der Waals surface area contributed by atoms with Gasteiger partial charge in [-0.3, -0.25) is 4.79 Å². The number of rotatable bonds is 3. The van der Waals surface area contributed by atoms with Crippen molar-refractivity contribution in [1.82, 2.24) is 14.8 Å². The molecule has 2 N–H and O–H groups in total. The van der Waals surface area contributed by atoms with Crippen molar-refractivity contribution in [3.8, 4) is 5.88 Å². The van der Waals surface area contributed by atoms with Crippen LogP contribution in [0.25, 0.3) is 10.8 Å². The van der Waals surface area contributed by atoms with Crippen LogP contribution in [0.2, 0.25) is 0 Å². The normalized spacial score (nSPS) is 10.8. The number of pyridine rings is 1. The summed E-state index contributed by atoms with van der Waals surface area (Å²) in [5.74, 6) is 0.325. The lowest BCUT2D eigenvalue weighted by atomic mass is 10.1. The van der Waals surface area contributed by atoms with Crippen LogP contribution >= 0.6 is 0 Å². The Morgan fingerprint density at radius 1 is 1.27 bits per heavy atom. The van der Waals surface area contributed by atoms with Gasteiger partial charge in [0.1, 0.15) is 5.39 Å². The van der Waals surface area contributed by atoms with Gasteiger partial charge in [-0.2, -0.15) is 5.10 Å². The molecule has 0 unspecified atom stereocenters. The summed E-state index contributed by atoms with van der Waals surface area (Å²) in [6.07, 6.45) is 2.27. The van der Waals surface area contributed by atoms with Gasteiger partial charge >= 0.3 is 0 Å². The second-order valence-corrected chi connectivity index (χ2v) is 5.08. The first-order valence-electron chi connectivity index (χ1n) is 6.83. The topological polar surface area (TPSA) is 83.0 Å². The van der Waals surface area contributed by atoms with E-state index in [9.17, 15) is 4.79 Å². The first-order valence-corrected chi connectivity index (χ1v) is 6.83. The van der Waals surface area contributed by atoms with Crippen LogP contribution in [0.15, 0.2) is 41.3 Å². The minimum absolute atomic E-state index is 0.221. The lowest BCUT2D eigenvalue weighted by Crippen LogP contribution is -2.20. The smallest absolute Gasteiger partial charge is 0.279 e. The maximum absolute atomic E-state index is 12.2. The lowest BCUT2D eigenvalue weighted by Gasteiger charge is -2.09. The van der Waals surface area contributed by atoms with E-state index in [0.717, 1.165) is 22.3 Å². The minimum atomic E-state index is -0.221. The molecule has 0 aliphatic rings. The maximum atomic E-state index is 12.2. The van der Waals surface area contributed by atoms with Crippen LogP contribution in [0.4, 0.5) is 5.69 Å². The number of aromatic nitrogens is 3. The average molecular weight is 296 g/mol.